The van der Waals surface area contributed by atoms with Gasteiger partial charge < -0.3 is 9.84 Å². The summed E-state index contributed by atoms with van der Waals surface area (Å²) in [5.74, 6) is 1.11. The lowest BCUT2D eigenvalue weighted by Gasteiger charge is -2.60. The molecule has 1 aromatic rings. The molecular formula is C21H26O3. The number of rotatable bonds is 5. The van der Waals surface area contributed by atoms with Gasteiger partial charge in [0, 0.05) is 0 Å². The lowest BCUT2D eigenvalue weighted by atomic mass is 9.47. The van der Waals surface area contributed by atoms with Crippen molar-refractivity contribution in [1.29, 1.82) is 0 Å². The summed E-state index contributed by atoms with van der Waals surface area (Å²) in [4.78, 5) is 12.3. The van der Waals surface area contributed by atoms with Crippen molar-refractivity contribution in [3.63, 3.8) is 0 Å². The highest BCUT2D eigenvalue weighted by Gasteiger charge is 2.57. The molecule has 0 aromatic heterocycles. The average Bonchev–Trinajstić information content (AvgIpc) is 2.49. The van der Waals surface area contributed by atoms with Crippen LogP contribution in [-0.4, -0.2) is 23.3 Å². The van der Waals surface area contributed by atoms with E-state index in [0.29, 0.717) is 24.9 Å². The molecule has 4 aliphatic rings. The molecule has 4 bridgehead atoms. The van der Waals surface area contributed by atoms with Gasteiger partial charge in [0.05, 0.1) is 12.0 Å². The Bertz CT molecular complexity index is 620. The fraction of sp³-hybridized carbons (Fsp3) is 0.571. The molecular weight excluding hydrogens is 300 g/mol. The number of carbonyl (C=O) groups excluding carboxylic acids is 1. The highest BCUT2D eigenvalue weighted by molar-refractivity contribution is 5.70. The fourth-order valence-corrected chi connectivity index (χ4v) is 5.86. The summed E-state index contributed by atoms with van der Waals surface area (Å²) >= 11 is 0. The standard InChI is InChI=1S/C21H26O3/c22-19(24-8-4-7-16-5-2-1-3-6-16)14-20-10-17-9-18(11-20)13-21(23,12-17)15-20/h1-7,17-18,23H,8-15H2/b7-4+/t17-,18-,20?,21?/m1/s1. The number of benzene rings is 1. The van der Waals surface area contributed by atoms with E-state index in [4.69, 9.17) is 4.74 Å². The summed E-state index contributed by atoms with van der Waals surface area (Å²) in [6.07, 6.45) is 10.5. The first-order valence-electron chi connectivity index (χ1n) is 9.14. The topological polar surface area (TPSA) is 46.5 Å². The van der Waals surface area contributed by atoms with Crippen LogP contribution >= 0.6 is 0 Å². The number of hydrogen-bond acceptors (Lipinski definition) is 3. The third-order valence-electron chi connectivity index (χ3n) is 6.12. The average molecular weight is 326 g/mol. The second-order valence-electron chi connectivity index (χ2n) is 8.36. The third-order valence-corrected chi connectivity index (χ3v) is 6.12. The third kappa shape index (κ3) is 3.27. The highest BCUT2D eigenvalue weighted by atomic mass is 16.5. The van der Waals surface area contributed by atoms with E-state index in [0.717, 1.165) is 37.7 Å². The maximum atomic E-state index is 12.3. The van der Waals surface area contributed by atoms with Gasteiger partial charge in [0.15, 0.2) is 0 Å². The number of ether oxygens (including phenoxy) is 1. The molecule has 0 unspecified atom stereocenters. The Hall–Kier alpha value is -1.61. The zero-order chi connectivity index (χ0) is 16.6. The largest absolute Gasteiger partial charge is 0.461 e. The fourth-order valence-electron chi connectivity index (χ4n) is 5.86. The van der Waals surface area contributed by atoms with Crippen LogP contribution in [0.1, 0.15) is 50.5 Å². The molecule has 0 amide bonds. The van der Waals surface area contributed by atoms with Crippen LogP contribution in [0.5, 0.6) is 0 Å². The van der Waals surface area contributed by atoms with Crippen LogP contribution in [-0.2, 0) is 9.53 Å². The van der Waals surface area contributed by atoms with Gasteiger partial charge in [-0.1, -0.05) is 36.4 Å². The molecule has 4 fully saturated rings. The molecule has 4 aliphatic carbocycles. The summed E-state index contributed by atoms with van der Waals surface area (Å²) in [6, 6.07) is 10.0. The molecule has 3 heteroatoms. The SMILES string of the molecule is O=C(CC12C[C@H]3C[C@@H](CC(O)(C3)C1)C2)OC/C=C/c1ccccc1. The summed E-state index contributed by atoms with van der Waals surface area (Å²) in [7, 11) is 0. The van der Waals surface area contributed by atoms with Gasteiger partial charge in [0.25, 0.3) is 0 Å². The van der Waals surface area contributed by atoms with E-state index < -0.39 is 5.60 Å². The van der Waals surface area contributed by atoms with Gasteiger partial charge in [-0.05, 0) is 67.4 Å². The first kappa shape index (κ1) is 15.9. The molecule has 0 radical (unpaired) electrons. The van der Waals surface area contributed by atoms with E-state index in [1.165, 1.54) is 6.42 Å². The van der Waals surface area contributed by atoms with Gasteiger partial charge in [-0.2, -0.15) is 0 Å². The second-order valence-corrected chi connectivity index (χ2v) is 8.36. The van der Waals surface area contributed by atoms with Gasteiger partial charge in [0.1, 0.15) is 6.61 Å². The van der Waals surface area contributed by atoms with Crippen LogP contribution in [0, 0.1) is 17.3 Å². The number of aliphatic hydroxyl groups is 1. The Balaban J connectivity index is 1.31. The molecule has 0 heterocycles. The van der Waals surface area contributed by atoms with E-state index in [1.807, 2.05) is 42.5 Å². The molecule has 2 atom stereocenters. The molecule has 5 rings (SSSR count). The minimum absolute atomic E-state index is 0.000932. The number of esters is 1. The highest BCUT2D eigenvalue weighted by Crippen LogP contribution is 2.62. The minimum atomic E-state index is -0.502. The summed E-state index contributed by atoms with van der Waals surface area (Å²) < 4.78 is 5.43. The second kappa shape index (κ2) is 6.03. The molecule has 0 saturated heterocycles. The van der Waals surface area contributed by atoms with Crippen molar-refractivity contribution in [2.24, 2.45) is 17.3 Å². The molecule has 0 spiro atoms. The molecule has 24 heavy (non-hydrogen) atoms. The van der Waals surface area contributed by atoms with Gasteiger partial charge in [0.2, 0.25) is 0 Å². The smallest absolute Gasteiger partial charge is 0.306 e. The van der Waals surface area contributed by atoms with Crippen molar-refractivity contribution in [2.45, 2.75) is 50.5 Å². The van der Waals surface area contributed by atoms with E-state index in [9.17, 15) is 9.90 Å². The minimum Gasteiger partial charge on any atom is -0.461 e. The van der Waals surface area contributed by atoms with E-state index in [1.54, 1.807) is 0 Å². The number of hydrogen-bond donors (Lipinski definition) is 1. The molecule has 0 aliphatic heterocycles. The predicted molar refractivity (Wildman–Crippen MR) is 93.1 cm³/mol. The monoisotopic (exact) mass is 326 g/mol. The Morgan fingerprint density at radius 3 is 2.54 bits per heavy atom. The van der Waals surface area contributed by atoms with Crippen molar-refractivity contribution >= 4 is 12.0 Å². The van der Waals surface area contributed by atoms with Gasteiger partial charge in [-0.3, -0.25) is 4.79 Å². The van der Waals surface area contributed by atoms with Crippen LogP contribution in [0.4, 0.5) is 0 Å². The summed E-state index contributed by atoms with van der Waals surface area (Å²) in [5.41, 5.74) is 0.605. The van der Waals surface area contributed by atoms with Crippen LogP contribution in [0.2, 0.25) is 0 Å². The van der Waals surface area contributed by atoms with Crippen LogP contribution < -0.4 is 0 Å². The van der Waals surface area contributed by atoms with E-state index >= 15 is 0 Å². The Morgan fingerprint density at radius 1 is 1.17 bits per heavy atom. The molecule has 1 aromatic carbocycles. The first-order valence-corrected chi connectivity index (χ1v) is 9.14. The van der Waals surface area contributed by atoms with E-state index in [2.05, 4.69) is 0 Å². The van der Waals surface area contributed by atoms with Crippen molar-refractivity contribution in [3.05, 3.63) is 42.0 Å². The van der Waals surface area contributed by atoms with Crippen molar-refractivity contribution in [2.75, 3.05) is 6.61 Å². The summed E-state index contributed by atoms with van der Waals surface area (Å²) in [6.45, 7) is 0.320. The summed E-state index contributed by atoms with van der Waals surface area (Å²) in [5, 5.41) is 10.8. The zero-order valence-electron chi connectivity index (χ0n) is 14.1. The lowest BCUT2D eigenvalue weighted by molar-refractivity contribution is -0.176. The van der Waals surface area contributed by atoms with Crippen LogP contribution in [0.15, 0.2) is 36.4 Å². The number of carbonyl (C=O) groups is 1. The van der Waals surface area contributed by atoms with Gasteiger partial charge in [-0.25, -0.2) is 0 Å². The molecule has 1 N–H and O–H groups in total. The lowest BCUT2D eigenvalue weighted by Crippen LogP contribution is -2.56. The maximum absolute atomic E-state index is 12.3. The predicted octanol–water partition coefficient (Wildman–Crippen LogP) is 3.96. The van der Waals surface area contributed by atoms with Crippen molar-refractivity contribution in [3.8, 4) is 0 Å². The molecule has 4 saturated carbocycles. The van der Waals surface area contributed by atoms with Gasteiger partial charge in [-0.15, -0.1) is 0 Å². The normalized spacial score (nSPS) is 37.0. The van der Waals surface area contributed by atoms with Crippen LogP contribution in [0.25, 0.3) is 6.08 Å². The molecule has 3 nitrogen and oxygen atoms in total. The Kier molecular flexibility index (Phi) is 4.00. The first-order chi connectivity index (χ1) is 11.5. The Labute approximate surface area is 143 Å². The van der Waals surface area contributed by atoms with E-state index in [-0.39, 0.29) is 11.4 Å². The zero-order valence-corrected chi connectivity index (χ0v) is 14.1. The van der Waals surface area contributed by atoms with Crippen molar-refractivity contribution < 1.29 is 14.6 Å². The molecule has 128 valence electrons. The van der Waals surface area contributed by atoms with Gasteiger partial charge >= 0.3 is 5.97 Å². The van der Waals surface area contributed by atoms with Crippen LogP contribution in [0.3, 0.4) is 0 Å². The quantitative estimate of drug-likeness (QED) is 0.833. The Morgan fingerprint density at radius 2 is 1.88 bits per heavy atom. The maximum Gasteiger partial charge on any atom is 0.306 e. The van der Waals surface area contributed by atoms with Crippen molar-refractivity contribution in [1.82, 2.24) is 0 Å².